The van der Waals surface area contributed by atoms with Gasteiger partial charge in [0, 0.05) is 0 Å². The molecule has 7 rings (SSSR count). The molecule has 0 fully saturated rings. The van der Waals surface area contributed by atoms with Crippen molar-refractivity contribution in [1.82, 2.24) is 0 Å². The number of hydrogen-bond donors (Lipinski definition) is 0. The van der Waals surface area contributed by atoms with Crippen LogP contribution in [0.3, 0.4) is 0 Å². The molecule has 0 bridgehead atoms. The van der Waals surface area contributed by atoms with E-state index in [2.05, 4.69) is 194 Å². The van der Waals surface area contributed by atoms with Gasteiger partial charge >= 0.3 is 0 Å². The van der Waals surface area contributed by atoms with Gasteiger partial charge in [0.15, 0.2) is 8.07 Å². The van der Waals surface area contributed by atoms with Crippen LogP contribution in [0.25, 0.3) is 33.4 Å². The molecule has 0 nitrogen and oxygen atoms in total. The van der Waals surface area contributed by atoms with E-state index >= 15 is 0 Å². The predicted octanol–water partition coefficient (Wildman–Crippen LogP) is 11.7. The summed E-state index contributed by atoms with van der Waals surface area (Å²) in [5.41, 5.74) is 16.2. The van der Waals surface area contributed by atoms with Crippen LogP contribution < -0.4 is 15.6 Å². The van der Waals surface area contributed by atoms with E-state index in [1.54, 1.807) is 5.20 Å². The van der Waals surface area contributed by atoms with Gasteiger partial charge in [0.05, 0.1) is 0 Å². The molecular formula is C51H52Si. The molecule has 6 aromatic rings. The van der Waals surface area contributed by atoms with Crippen LogP contribution in [0.5, 0.6) is 0 Å². The summed E-state index contributed by atoms with van der Waals surface area (Å²) in [4.78, 5) is 0. The molecule has 1 heteroatoms. The summed E-state index contributed by atoms with van der Waals surface area (Å²) < 4.78 is 0. The Morgan fingerprint density at radius 1 is 0.404 bits per heavy atom. The van der Waals surface area contributed by atoms with Gasteiger partial charge in [0.1, 0.15) is 0 Å². The molecule has 52 heavy (non-hydrogen) atoms. The SMILES string of the molecule is CCc1ccc(-c2cccc([Si](C3=C(C)C(C)=C(C)C3C)(c3cccc(-c4ccc(CC)cc4)c3)c3cccc(-c4ccc(CC)cc4)c3)c2)cc1. The molecule has 260 valence electrons. The highest BCUT2D eigenvalue weighted by Crippen LogP contribution is 2.42. The van der Waals surface area contributed by atoms with E-state index in [1.165, 1.54) is 82.4 Å². The highest BCUT2D eigenvalue weighted by molar-refractivity contribution is 7.16. The quantitative estimate of drug-likeness (QED) is 0.0990. The van der Waals surface area contributed by atoms with Gasteiger partial charge in [-0.05, 0) is 117 Å². The second-order valence-electron chi connectivity index (χ2n) is 14.7. The molecular weight excluding hydrogens is 641 g/mol. The van der Waals surface area contributed by atoms with Gasteiger partial charge in [-0.25, -0.2) is 0 Å². The minimum atomic E-state index is -2.91. The summed E-state index contributed by atoms with van der Waals surface area (Å²) in [7, 11) is -2.91. The zero-order chi connectivity index (χ0) is 36.4. The van der Waals surface area contributed by atoms with Crippen LogP contribution in [-0.2, 0) is 19.3 Å². The van der Waals surface area contributed by atoms with Gasteiger partial charge in [-0.1, -0.05) is 190 Å². The van der Waals surface area contributed by atoms with Gasteiger partial charge in [-0.15, -0.1) is 0 Å². The Hall–Kier alpha value is -4.98. The minimum Gasteiger partial charge on any atom is -0.0636 e. The second kappa shape index (κ2) is 14.9. The number of aryl methyl sites for hydroxylation is 3. The molecule has 1 unspecified atom stereocenters. The summed E-state index contributed by atoms with van der Waals surface area (Å²) in [6, 6.07) is 56.3. The molecule has 0 amide bonds. The molecule has 0 radical (unpaired) electrons. The van der Waals surface area contributed by atoms with Crippen molar-refractivity contribution in [2.45, 2.75) is 67.7 Å². The molecule has 0 aromatic heterocycles. The maximum Gasteiger partial charge on any atom is 0.176 e. The summed E-state index contributed by atoms with van der Waals surface area (Å²) in [6.45, 7) is 16.2. The lowest BCUT2D eigenvalue weighted by molar-refractivity contribution is 0.851. The average Bonchev–Trinajstić information content (AvgIpc) is 3.40. The van der Waals surface area contributed by atoms with Crippen LogP contribution in [0.4, 0.5) is 0 Å². The van der Waals surface area contributed by atoms with E-state index in [9.17, 15) is 0 Å². The third kappa shape index (κ3) is 6.37. The highest BCUT2D eigenvalue weighted by atomic mass is 28.3. The largest absolute Gasteiger partial charge is 0.176 e. The van der Waals surface area contributed by atoms with Crippen molar-refractivity contribution < 1.29 is 0 Å². The van der Waals surface area contributed by atoms with Crippen molar-refractivity contribution >= 4 is 23.6 Å². The van der Waals surface area contributed by atoms with Crippen LogP contribution in [0.1, 0.15) is 65.2 Å². The van der Waals surface area contributed by atoms with E-state index < -0.39 is 8.07 Å². The van der Waals surface area contributed by atoms with Gasteiger partial charge in [0.2, 0.25) is 0 Å². The Morgan fingerprint density at radius 3 is 1.00 bits per heavy atom. The van der Waals surface area contributed by atoms with Crippen LogP contribution in [0.15, 0.2) is 168 Å². The Balaban J connectivity index is 1.55. The van der Waals surface area contributed by atoms with E-state index in [0.717, 1.165) is 19.3 Å². The van der Waals surface area contributed by atoms with E-state index in [0.29, 0.717) is 5.92 Å². The number of allylic oxidation sites excluding steroid dienone is 4. The van der Waals surface area contributed by atoms with Gasteiger partial charge in [-0.2, -0.15) is 0 Å². The van der Waals surface area contributed by atoms with Gasteiger partial charge < -0.3 is 0 Å². The first-order valence-corrected chi connectivity index (χ1v) is 21.3. The minimum absolute atomic E-state index is 0.333. The lowest BCUT2D eigenvalue weighted by atomic mass is 10.0. The summed E-state index contributed by atoms with van der Waals surface area (Å²) in [5.74, 6) is 0.333. The van der Waals surface area contributed by atoms with E-state index in [1.807, 2.05) is 0 Å². The maximum absolute atomic E-state index is 2.91. The van der Waals surface area contributed by atoms with Crippen molar-refractivity contribution in [2.24, 2.45) is 5.92 Å². The first kappa shape index (κ1) is 35.4. The summed E-state index contributed by atoms with van der Waals surface area (Å²) in [5, 5.41) is 5.92. The monoisotopic (exact) mass is 692 g/mol. The van der Waals surface area contributed by atoms with Crippen LogP contribution in [0.2, 0.25) is 0 Å². The summed E-state index contributed by atoms with van der Waals surface area (Å²) in [6.07, 6.45) is 3.13. The molecule has 1 aliphatic rings. The van der Waals surface area contributed by atoms with Crippen molar-refractivity contribution in [2.75, 3.05) is 0 Å². The third-order valence-electron chi connectivity index (χ3n) is 12.0. The second-order valence-corrected chi connectivity index (χ2v) is 18.5. The number of rotatable bonds is 10. The first-order valence-electron chi connectivity index (χ1n) is 19.3. The molecule has 0 heterocycles. The van der Waals surface area contributed by atoms with Gasteiger partial charge in [0.25, 0.3) is 0 Å². The molecule has 1 aliphatic carbocycles. The zero-order valence-corrected chi connectivity index (χ0v) is 33.1. The molecule has 0 N–H and O–H groups in total. The fourth-order valence-corrected chi connectivity index (χ4v) is 14.2. The van der Waals surface area contributed by atoms with Crippen LogP contribution in [0, 0.1) is 5.92 Å². The lowest BCUT2D eigenvalue weighted by Crippen LogP contribution is -2.69. The molecule has 1 atom stereocenters. The fourth-order valence-electron chi connectivity index (χ4n) is 8.53. The first-order chi connectivity index (χ1) is 25.3. The van der Waals surface area contributed by atoms with E-state index in [4.69, 9.17) is 0 Å². The van der Waals surface area contributed by atoms with Crippen molar-refractivity contribution in [3.05, 3.63) is 184 Å². The summed E-state index contributed by atoms with van der Waals surface area (Å²) >= 11 is 0. The smallest absolute Gasteiger partial charge is 0.0636 e. The molecule has 6 aromatic carbocycles. The molecule has 0 aliphatic heterocycles. The van der Waals surface area contributed by atoms with Crippen LogP contribution >= 0.6 is 0 Å². The van der Waals surface area contributed by atoms with Crippen LogP contribution in [-0.4, -0.2) is 8.07 Å². The van der Waals surface area contributed by atoms with Crippen molar-refractivity contribution in [1.29, 1.82) is 0 Å². The Morgan fingerprint density at radius 2 is 0.731 bits per heavy atom. The zero-order valence-electron chi connectivity index (χ0n) is 32.1. The molecule has 0 saturated carbocycles. The van der Waals surface area contributed by atoms with Gasteiger partial charge in [-0.3, -0.25) is 0 Å². The lowest BCUT2D eigenvalue weighted by Gasteiger charge is -2.39. The molecule has 0 spiro atoms. The normalized spacial score (nSPS) is 14.7. The van der Waals surface area contributed by atoms with Crippen molar-refractivity contribution in [3.8, 4) is 33.4 Å². The van der Waals surface area contributed by atoms with E-state index in [-0.39, 0.29) is 0 Å². The average molecular weight is 693 g/mol. The number of hydrogen-bond acceptors (Lipinski definition) is 0. The van der Waals surface area contributed by atoms with Crippen molar-refractivity contribution in [3.63, 3.8) is 0 Å². The number of benzene rings is 6. The fraction of sp³-hybridized carbons (Fsp3) is 0.216. The Bertz CT molecular complexity index is 2040. The Labute approximate surface area is 313 Å². The highest BCUT2D eigenvalue weighted by Gasteiger charge is 2.48. The topological polar surface area (TPSA) is 0 Å². The predicted molar refractivity (Wildman–Crippen MR) is 229 cm³/mol. The molecule has 0 saturated heterocycles. The third-order valence-corrected chi connectivity index (χ3v) is 17.2. The standard InChI is InChI=1S/C51H52Si/c1-8-39-20-26-42(27-21-39)45-14-11-17-48(32-45)52(51-37(6)35(4)36(5)38(51)7,49-18-12-15-46(33-49)43-28-22-40(9-2)23-29-43)50-19-13-16-47(34-50)44-30-24-41(10-3)25-31-44/h11-34,37H,8-10H2,1-7H3. The maximum atomic E-state index is 2.54. The Kier molecular flexibility index (Phi) is 10.2.